The maximum Gasteiger partial charge on any atom is 0.275 e. The zero-order valence-electron chi connectivity index (χ0n) is 16.7. The molecule has 1 amide bonds. The van der Waals surface area contributed by atoms with E-state index in [4.69, 9.17) is 4.74 Å². The topological polar surface area (TPSA) is 77.2 Å². The van der Waals surface area contributed by atoms with E-state index in [0.29, 0.717) is 24.5 Å². The average molecular weight is 417 g/mol. The van der Waals surface area contributed by atoms with Crippen LogP contribution in [0.2, 0.25) is 0 Å². The number of imidazole rings is 1. The smallest absolute Gasteiger partial charge is 0.275 e. The summed E-state index contributed by atoms with van der Waals surface area (Å²) in [4.78, 5) is 19.5. The summed E-state index contributed by atoms with van der Waals surface area (Å²) in [5.74, 6) is 1.47. The van der Waals surface area contributed by atoms with Crippen molar-refractivity contribution in [3.63, 3.8) is 0 Å². The Morgan fingerprint density at radius 1 is 1.28 bits per heavy atom. The van der Waals surface area contributed by atoms with Crippen LogP contribution in [0.5, 0.6) is 5.75 Å². The number of ether oxygens (including phenoxy) is 1. The van der Waals surface area contributed by atoms with Crippen LogP contribution in [-0.2, 0) is 7.05 Å². The number of methoxy groups -OCH3 is 1. The molecule has 4 rings (SSSR count). The number of rotatable bonds is 4. The highest BCUT2D eigenvalue weighted by atomic mass is 35.5. The molecular formula is C20H25ClN6O2. The Balaban J connectivity index is 0.00000240. The van der Waals surface area contributed by atoms with E-state index in [9.17, 15) is 4.79 Å². The van der Waals surface area contributed by atoms with Gasteiger partial charge in [0.25, 0.3) is 5.91 Å². The highest BCUT2D eigenvalue weighted by molar-refractivity contribution is 5.92. The lowest BCUT2D eigenvalue weighted by Crippen LogP contribution is -2.49. The summed E-state index contributed by atoms with van der Waals surface area (Å²) in [7, 11) is 3.57. The Hall–Kier alpha value is -2.84. The van der Waals surface area contributed by atoms with Crippen molar-refractivity contribution in [2.45, 2.75) is 13.0 Å². The number of piperazine rings is 1. The molecule has 1 aromatic carbocycles. The SMILES string of the molecule is COc1ccc(C)cc1-n1ccc(C(=O)N2CCNCC2c2nccn2C)n1.Cl. The summed E-state index contributed by atoms with van der Waals surface area (Å²) >= 11 is 0. The van der Waals surface area contributed by atoms with Crippen LogP contribution < -0.4 is 10.1 Å². The van der Waals surface area contributed by atoms with E-state index in [1.54, 1.807) is 30.3 Å². The van der Waals surface area contributed by atoms with Crippen LogP contribution in [0.25, 0.3) is 5.69 Å². The Labute approximate surface area is 175 Å². The highest BCUT2D eigenvalue weighted by Crippen LogP contribution is 2.25. The molecule has 0 saturated carbocycles. The third kappa shape index (κ3) is 3.99. The van der Waals surface area contributed by atoms with Crippen LogP contribution >= 0.6 is 12.4 Å². The molecule has 1 aliphatic rings. The Morgan fingerprint density at radius 2 is 2.10 bits per heavy atom. The number of carbonyl (C=O) groups excluding carboxylic acids is 1. The van der Waals surface area contributed by atoms with Gasteiger partial charge in [0, 0.05) is 45.3 Å². The fraction of sp³-hybridized carbons (Fsp3) is 0.350. The molecule has 8 nitrogen and oxygen atoms in total. The third-order valence-electron chi connectivity index (χ3n) is 5.05. The molecule has 9 heteroatoms. The number of aryl methyl sites for hydroxylation is 2. The first-order chi connectivity index (χ1) is 13.6. The molecule has 1 aliphatic heterocycles. The van der Waals surface area contributed by atoms with Crippen LogP contribution in [0.3, 0.4) is 0 Å². The summed E-state index contributed by atoms with van der Waals surface area (Å²) in [5, 5.41) is 7.89. The van der Waals surface area contributed by atoms with Crippen molar-refractivity contribution in [2.75, 3.05) is 26.7 Å². The summed E-state index contributed by atoms with van der Waals surface area (Å²) in [6.07, 6.45) is 5.44. The molecule has 29 heavy (non-hydrogen) atoms. The lowest BCUT2D eigenvalue weighted by Gasteiger charge is -2.35. The van der Waals surface area contributed by atoms with Crippen molar-refractivity contribution < 1.29 is 9.53 Å². The van der Waals surface area contributed by atoms with E-state index in [0.717, 1.165) is 23.6 Å². The molecule has 3 heterocycles. The van der Waals surface area contributed by atoms with Crippen molar-refractivity contribution >= 4 is 18.3 Å². The predicted molar refractivity (Wildman–Crippen MR) is 112 cm³/mol. The Bertz CT molecular complexity index is 999. The van der Waals surface area contributed by atoms with Crippen LogP contribution in [0.4, 0.5) is 0 Å². The molecule has 1 saturated heterocycles. The lowest BCUT2D eigenvalue weighted by atomic mass is 10.1. The van der Waals surface area contributed by atoms with Gasteiger partial charge >= 0.3 is 0 Å². The maximum absolute atomic E-state index is 13.2. The zero-order chi connectivity index (χ0) is 19.7. The normalized spacial score (nSPS) is 16.4. The van der Waals surface area contributed by atoms with Crippen LogP contribution in [0, 0.1) is 6.92 Å². The molecule has 1 fully saturated rings. The number of nitrogens with zero attached hydrogens (tertiary/aromatic N) is 5. The Morgan fingerprint density at radius 3 is 2.83 bits per heavy atom. The summed E-state index contributed by atoms with van der Waals surface area (Å²) in [6, 6.07) is 7.50. The zero-order valence-corrected chi connectivity index (χ0v) is 17.5. The van der Waals surface area contributed by atoms with Gasteiger partial charge in [-0.05, 0) is 30.7 Å². The van der Waals surface area contributed by atoms with E-state index < -0.39 is 0 Å². The van der Waals surface area contributed by atoms with Crippen LogP contribution in [-0.4, -0.2) is 56.9 Å². The number of halogens is 1. The van der Waals surface area contributed by atoms with Crippen molar-refractivity contribution in [2.24, 2.45) is 7.05 Å². The molecule has 0 spiro atoms. The van der Waals surface area contributed by atoms with E-state index in [1.165, 1.54) is 0 Å². The van der Waals surface area contributed by atoms with E-state index >= 15 is 0 Å². The fourth-order valence-electron chi connectivity index (χ4n) is 3.57. The molecule has 154 valence electrons. The number of hydrogen-bond acceptors (Lipinski definition) is 5. The fourth-order valence-corrected chi connectivity index (χ4v) is 3.57. The van der Waals surface area contributed by atoms with Gasteiger partial charge in [-0.15, -0.1) is 12.4 Å². The molecule has 1 unspecified atom stereocenters. The minimum absolute atomic E-state index is 0. The largest absolute Gasteiger partial charge is 0.494 e. The van der Waals surface area contributed by atoms with E-state index in [-0.39, 0.29) is 24.4 Å². The van der Waals surface area contributed by atoms with Gasteiger partial charge in [-0.1, -0.05) is 6.07 Å². The second-order valence-electron chi connectivity index (χ2n) is 6.94. The Kier molecular flexibility index (Phi) is 6.24. The molecule has 3 aromatic rings. The lowest BCUT2D eigenvalue weighted by molar-refractivity contribution is 0.0614. The number of amides is 1. The first-order valence-electron chi connectivity index (χ1n) is 9.28. The second-order valence-corrected chi connectivity index (χ2v) is 6.94. The van der Waals surface area contributed by atoms with Gasteiger partial charge < -0.3 is 19.5 Å². The van der Waals surface area contributed by atoms with Gasteiger partial charge in [-0.3, -0.25) is 4.79 Å². The first-order valence-corrected chi connectivity index (χ1v) is 9.28. The number of benzene rings is 1. The van der Waals surface area contributed by atoms with E-state index in [1.807, 2.05) is 47.8 Å². The predicted octanol–water partition coefficient (Wildman–Crippen LogP) is 2.13. The van der Waals surface area contributed by atoms with Crippen molar-refractivity contribution in [1.29, 1.82) is 0 Å². The minimum Gasteiger partial charge on any atom is -0.494 e. The van der Waals surface area contributed by atoms with Gasteiger partial charge in [0.2, 0.25) is 0 Å². The summed E-state index contributed by atoms with van der Waals surface area (Å²) < 4.78 is 9.09. The monoisotopic (exact) mass is 416 g/mol. The standard InChI is InChI=1S/C20H24N6O2.ClH/c1-14-4-5-18(28-3)16(12-14)26-9-6-15(23-26)20(27)25-11-7-21-13-17(25)19-22-8-10-24(19)2;/h4-6,8-10,12,17,21H,7,11,13H2,1-3H3;1H. The molecular weight excluding hydrogens is 392 g/mol. The quantitative estimate of drug-likeness (QED) is 0.705. The number of aromatic nitrogens is 4. The molecule has 1 atom stereocenters. The van der Waals surface area contributed by atoms with Crippen LogP contribution in [0.15, 0.2) is 42.9 Å². The second kappa shape index (κ2) is 8.67. The third-order valence-corrected chi connectivity index (χ3v) is 5.05. The van der Waals surface area contributed by atoms with E-state index in [2.05, 4.69) is 15.4 Å². The van der Waals surface area contributed by atoms with Gasteiger partial charge in [0.1, 0.15) is 23.3 Å². The molecule has 0 bridgehead atoms. The highest BCUT2D eigenvalue weighted by Gasteiger charge is 2.32. The number of carbonyl (C=O) groups is 1. The minimum atomic E-state index is -0.125. The summed E-state index contributed by atoms with van der Waals surface area (Å²) in [6.45, 7) is 4.04. The van der Waals surface area contributed by atoms with Crippen molar-refractivity contribution in [1.82, 2.24) is 29.5 Å². The number of nitrogens with one attached hydrogen (secondary N) is 1. The first kappa shape index (κ1) is 20.9. The van der Waals surface area contributed by atoms with Gasteiger partial charge in [0.05, 0.1) is 7.11 Å². The average Bonchev–Trinajstić information content (AvgIpc) is 3.36. The number of hydrogen-bond donors (Lipinski definition) is 1. The maximum atomic E-state index is 13.2. The van der Waals surface area contributed by atoms with Crippen molar-refractivity contribution in [3.05, 3.63) is 59.9 Å². The molecule has 2 aromatic heterocycles. The van der Waals surface area contributed by atoms with Gasteiger partial charge in [0.15, 0.2) is 5.69 Å². The van der Waals surface area contributed by atoms with Gasteiger partial charge in [-0.25, -0.2) is 9.67 Å². The summed E-state index contributed by atoms with van der Waals surface area (Å²) in [5.41, 5.74) is 2.31. The molecule has 1 N–H and O–H groups in total. The van der Waals surface area contributed by atoms with Crippen LogP contribution in [0.1, 0.15) is 27.9 Å². The molecule has 0 aliphatic carbocycles. The molecule has 0 radical (unpaired) electrons. The van der Waals surface area contributed by atoms with Crippen molar-refractivity contribution in [3.8, 4) is 11.4 Å². The van der Waals surface area contributed by atoms with Gasteiger partial charge in [-0.2, -0.15) is 5.10 Å².